The van der Waals surface area contributed by atoms with Crippen molar-refractivity contribution < 1.29 is 39.2 Å². The average Bonchev–Trinajstić information content (AvgIpc) is 2.66. The van der Waals surface area contributed by atoms with E-state index in [1.807, 2.05) is 0 Å². The monoisotopic (exact) mass is 404 g/mol. The number of carbonyl (C=O) groups excluding carboxylic acids is 2. The number of aliphatic hydroxyl groups is 2. The number of rotatable bonds is 18. The molecule has 8 nitrogen and oxygen atoms in total. The molecule has 0 fully saturated rings. The van der Waals surface area contributed by atoms with Crippen molar-refractivity contribution in [2.24, 2.45) is 0 Å². The molecule has 0 heterocycles. The van der Waals surface area contributed by atoms with Crippen molar-refractivity contribution in [1.29, 1.82) is 0 Å². The molecule has 3 N–H and O–H groups in total. The Morgan fingerprint density at radius 1 is 0.750 bits per heavy atom. The minimum absolute atomic E-state index is 0.286. The van der Waals surface area contributed by atoms with E-state index < -0.39 is 43.1 Å². The lowest BCUT2D eigenvalue weighted by atomic mass is 10.1. The van der Waals surface area contributed by atoms with Gasteiger partial charge < -0.3 is 24.8 Å². The molecule has 0 spiro atoms. The summed E-state index contributed by atoms with van der Waals surface area (Å²) < 4.78 is 9.53. The van der Waals surface area contributed by atoms with Gasteiger partial charge in [0.2, 0.25) is 0 Å². The predicted octanol–water partition coefficient (Wildman–Crippen LogP) is 2.58. The Balaban J connectivity index is 3.55. The minimum atomic E-state index is -1.84. The second-order valence-electron chi connectivity index (χ2n) is 7.01. The van der Waals surface area contributed by atoms with Crippen molar-refractivity contribution >= 4 is 17.9 Å². The van der Waals surface area contributed by atoms with Crippen LogP contribution in [-0.2, 0) is 23.9 Å². The molecule has 0 aromatic heterocycles. The van der Waals surface area contributed by atoms with E-state index in [1.54, 1.807) is 0 Å². The fourth-order valence-electron chi connectivity index (χ4n) is 2.56. The van der Waals surface area contributed by atoms with Gasteiger partial charge in [-0.25, -0.2) is 4.79 Å². The third kappa shape index (κ3) is 16.5. The van der Waals surface area contributed by atoms with E-state index in [4.69, 9.17) is 14.9 Å². The molecule has 0 aromatic rings. The molecule has 28 heavy (non-hydrogen) atoms. The van der Waals surface area contributed by atoms with Gasteiger partial charge in [-0.15, -0.1) is 0 Å². The maximum Gasteiger partial charge on any atom is 0.333 e. The Kier molecular flexibility index (Phi) is 16.4. The first-order chi connectivity index (χ1) is 13.4. The first kappa shape index (κ1) is 26.3. The van der Waals surface area contributed by atoms with Gasteiger partial charge in [0.05, 0.1) is 6.42 Å². The maximum atomic E-state index is 11.6. The molecule has 0 aliphatic carbocycles. The lowest BCUT2D eigenvalue weighted by Gasteiger charge is -2.12. The minimum Gasteiger partial charge on any atom is -0.479 e. The van der Waals surface area contributed by atoms with Gasteiger partial charge in [-0.1, -0.05) is 64.7 Å². The number of hydrogen-bond acceptors (Lipinski definition) is 7. The summed E-state index contributed by atoms with van der Waals surface area (Å²) in [6.45, 7) is 1.47. The largest absolute Gasteiger partial charge is 0.479 e. The first-order valence-corrected chi connectivity index (χ1v) is 10.3. The van der Waals surface area contributed by atoms with Crippen LogP contribution in [-0.4, -0.2) is 58.6 Å². The molecule has 0 saturated heterocycles. The lowest BCUT2D eigenvalue weighted by molar-refractivity contribution is -0.159. The smallest absolute Gasteiger partial charge is 0.333 e. The molecule has 0 amide bonds. The molecule has 0 aromatic carbocycles. The fraction of sp³-hybridized carbons (Fsp3) is 0.850. The number of carboxylic acids is 1. The molecular formula is C20H36O8. The Bertz CT molecular complexity index is 438. The van der Waals surface area contributed by atoms with Crippen molar-refractivity contribution in [3.05, 3.63) is 0 Å². The van der Waals surface area contributed by atoms with Crippen LogP contribution in [0.5, 0.6) is 0 Å². The second-order valence-corrected chi connectivity index (χ2v) is 7.01. The number of carbonyl (C=O) groups is 3. The van der Waals surface area contributed by atoms with E-state index in [0.717, 1.165) is 19.3 Å². The Labute approximate surface area is 167 Å². The number of carboxylic acid groups (broad SMARTS) is 1. The normalized spacial score (nSPS) is 13.0. The maximum absolute atomic E-state index is 11.6. The van der Waals surface area contributed by atoms with Crippen molar-refractivity contribution in [3.63, 3.8) is 0 Å². The molecule has 0 aliphatic rings. The van der Waals surface area contributed by atoms with Gasteiger partial charge >= 0.3 is 17.9 Å². The first-order valence-electron chi connectivity index (χ1n) is 10.3. The van der Waals surface area contributed by atoms with Crippen LogP contribution in [0, 0.1) is 0 Å². The molecule has 8 heteroatoms. The lowest BCUT2D eigenvalue weighted by Crippen LogP contribution is -2.28. The SMILES string of the molecule is CCCCCCCCCCCCC(=O)OCC(O)COC(=O)CC(O)C(=O)O. The molecular weight excluding hydrogens is 368 g/mol. The molecule has 0 radical (unpaired) electrons. The van der Waals surface area contributed by atoms with Gasteiger partial charge in [-0.3, -0.25) is 9.59 Å². The highest BCUT2D eigenvalue weighted by Gasteiger charge is 2.20. The second kappa shape index (κ2) is 17.4. The van der Waals surface area contributed by atoms with Gasteiger partial charge in [0, 0.05) is 6.42 Å². The topological polar surface area (TPSA) is 130 Å². The zero-order valence-corrected chi connectivity index (χ0v) is 16.9. The number of aliphatic carboxylic acids is 1. The van der Waals surface area contributed by atoms with Crippen LogP contribution in [0.1, 0.15) is 84.0 Å². The molecule has 164 valence electrons. The molecule has 0 saturated carbocycles. The summed E-state index contributed by atoms with van der Waals surface area (Å²) in [5.74, 6) is -2.89. The van der Waals surface area contributed by atoms with E-state index in [9.17, 15) is 19.5 Å². The predicted molar refractivity (Wildman–Crippen MR) is 103 cm³/mol. The summed E-state index contributed by atoms with van der Waals surface area (Å²) in [4.78, 5) is 33.2. The summed E-state index contributed by atoms with van der Waals surface area (Å²) >= 11 is 0. The quantitative estimate of drug-likeness (QED) is 0.235. The van der Waals surface area contributed by atoms with Crippen LogP contribution < -0.4 is 0 Å². The summed E-state index contributed by atoms with van der Waals surface area (Å²) in [6, 6.07) is 0. The number of esters is 2. The third-order valence-electron chi connectivity index (χ3n) is 4.25. The van der Waals surface area contributed by atoms with Gasteiger partial charge in [-0.05, 0) is 6.42 Å². The zero-order chi connectivity index (χ0) is 21.2. The Morgan fingerprint density at radius 3 is 1.71 bits per heavy atom. The Hall–Kier alpha value is -1.67. The van der Waals surface area contributed by atoms with Crippen LogP contribution in [0.25, 0.3) is 0 Å². The highest BCUT2D eigenvalue weighted by Crippen LogP contribution is 2.11. The summed E-state index contributed by atoms with van der Waals surface area (Å²) in [5, 5.41) is 27.1. The number of ether oxygens (including phenoxy) is 2. The van der Waals surface area contributed by atoms with Crippen LogP contribution in [0.2, 0.25) is 0 Å². The van der Waals surface area contributed by atoms with Crippen molar-refractivity contribution in [3.8, 4) is 0 Å². The average molecular weight is 405 g/mol. The summed E-state index contributed by atoms with van der Waals surface area (Å²) in [6.07, 6.45) is 8.24. The summed E-state index contributed by atoms with van der Waals surface area (Å²) in [5.41, 5.74) is 0. The van der Waals surface area contributed by atoms with Crippen LogP contribution in [0.3, 0.4) is 0 Å². The van der Waals surface area contributed by atoms with Crippen molar-refractivity contribution in [1.82, 2.24) is 0 Å². The van der Waals surface area contributed by atoms with Gasteiger partial charge in [0.1, 0.15) is 19.3 Å². The number of unbranched alkanes of at least 4 members (excludes halogenated alkanes) is 9. The third-order valence-corrected chi connectivity index (χ3v) is 4.25. The van der Waals surface area contributed by atoms with Gasteiger partial charge in [0.15, 0.2) is 6.10 Å². The fourth-order valence-corrected chi connectivity index (χ4v) is 2.56. The Morgan fingerprint density at radius 2 is 1.21 bits per heavy atom. The van der Waals surface area contributed by atoms with Crippen LogP contribution in [0.4, 0.5) is 0 Å². The van der Waals surface area contributed by atoms with Crippen molar-refractivity contribution in [2.75, 3.05) is 13.2 Å². The van der Waals surface area contributed by atoms with E-state index in [1.165, 1.54) is 44.9 Å². The van der Waals surface area contributed by atoms with Gasteiger partial charge in [-0.2, -0.15) is 0 Å². The summed E-state index contributed by atoms with van der Waals surface area (Å²) in [7, 11) is 0. The highest BCUT2D eigenvalue weighted by atomic mass is 16.6. The molecule has 2 unspecified atom stereocenters. The number of aliphatic hydroxyl groups excluding tert-OH is 2. The van der Waals surface area contributed by atoms with Crippen LogP contribution in [0.15, 0.2) is 0 Å². The number of hydrogen-bond donors (Lipinski definition) is 3. The van der Waals surface area contributed by atoms with Crippen molar-refractivity contribution in [2.45, 2.75) is 96.2 Å². The molecule has 2 atom stereocenters. The molecule has 0 bridgehead atoms. The molecule has 0 aliphatic heterocycles. The zero-order valence-electron chi connectivity index (χ0n) is 16.9. The van der Waals surface area contributed by atoms with Crippen LogP contribution >= 0.6 is 0 Å². The van der Waals surface area contributed by atoms with E-state index in [0.29, 0.717) is 0 Å². The van der Waals surface area contributed by atoms with E-state index in [2.05, 4.69) is 11.7 Å². The van der Waals surface area contributed by atoms with E-state index >= 15 is 0 Å². The van der Waals surface area contributed by atoms with Gasteiger partial charge in [0.25, 0.3) is 0 Å². The molecule has 0 rings (SSSR count). The highest BCUT2D eigenvalue weighted by molar-refractivity contribution is 5.80. The van der Waals surface area contributed by atoms with E-state index in [-0.39, 0.29) is 13.0 Å². The standard InChI is InChI=1S/C20H36O8/c1-2-3-4-5-6-7-8-9-10-11-12-18(23)27-14-16(21)15-28-19(24)13-17(22)20(25)26/h16-17,21-22H,2-15H2,1H3,(H,25,26).